The summed E-state index contributed by atoms with van der Waals surface area (Å²) in [6.07, 6.45) is 8.54. The van der Waals surface area contributed by atoms with Gasteiger partial charge in [-0.1, -0.05) is 11.6 Å². The van der Waals surface area contributed by atoms with Gasteiger partial charge in [-0.3, -0.25) is 9.89 Å². The quantitative estimate of drug-likeness (QED) is 0.589. The molecule has 0 amide bonds. The topological polar surface area (TPSA) is 110 Å². The Kier molecular flexibility index (Phi) is 6.39. The predicted molar refractivity (Wildman–Crippen MR) is 125 cm³/mol. The Morgan fingerprint density at radius 2 is 2.12 bits per heavy atom. The predicted octanol–water partition coefficient (Wildman–Crippen LogP) is 2.75. The smallest absolute Gasteiger partial charge is 0.229 e. The molecule has 4 bridgehead atoms. The lowest BCUT2D eigenvalue weighted by molar-refractivity contribution is 0.00297. The molecule has 1 unspecified atom stereocenters. The molecule has 1 saturated carbocycles. The number of rotatable bonds is 3. The summed E-state index contributed by atoms with van der Waals surface area (Å²) in [4.78, 5) is 16.5. The lowest BCUT2D eigenvalue weighted by atomic mass is 9.90. The van der Waals surface area contributed by atoms with E-state index >= 15 is 0 Å². The number of halogens is 1. The maximum Gasteiger partial charge on any atom is 0.229 e. The van der Waals surface area contributed by atoms with Gasteiger partial charge in [-0.2, -0.15) is 4.98 Å². The van der Waals surface area contributed by atoms with Crippen molar-refractivity contribution in [1.29, 1.82) is 0 Å². The highest BCUT2D eigenvalue weighted by Gasteiger charge is 2.42. The van der Waals surface area contributed by atoms with Gasteiger partial charge in [0.25, 0.3) is 0 Å². The fraction of sp³-hybridized carbons (Fsp3) is 0.682. The monoisotopic (exact) mass is 461 g/mol. The van der Waals surface area contributed by atoms with Crippen molar-refractivity contribution < 1.29 is 9.47 Å². The lowest BCUT2D eigenvalue weighted by Gasteiger charge is -2.38. The van der Waals surface area contributed by atoms with E-state index < -0.39 is 0 Å². The van der Waals surface area contributed by atoms with Gasteiger partial charge in [0, 0.05) is 25.2 Å². The minimum absolute atomic E-state index is 0.283. The van der Waals surface area contributed by atoms with E-state index in [1.807, 2.05) is 6.92 Å². The number of hydrogen-bond donors (Lipinski definition) is 3. The molecule has 9 nitrogen and oxygen atoms in total. The van der Waals surface area contributed by atoms with E-state index in [0.29, 0.717) is 59.7 Å². The third-order valence-corrected chi connectivity index (χ3v) is 7.19. The van der Waals surface area contributed by atoms with Crippen LogP contribution in [-0.4, -0.2) is 71.1 Å². The minimum Gasteiger partial charge on any atom is -0.478 e. The van der Waals surface area contributed by atoms with Crippen LogP contribution in [0.25, 0.3) is 0 Å². The number of likely N-dealkylation sites (tertiary alicyclic amines) is 1. The van der Waals surface area contributed by atoms with Crippen LogP contribution in [0.15, 0.2) is 22.8 Å². The first-order valence-corrected chi connectivity index (χ1v) is 12.0. The Morgan fingerprint density at radius 3 is 2.88 bits per heavy atom. The van der Waals surface area contributed by atoms with Gasteiger partial charge in [0.15, 0.2) is 5.82 Å². The first-order chi connectivity index (χ1) is 15.6. The first kappa shape index (κ1) is 21.7. The molecule has 32 heavy (non-hydrogen) atoms. The van der Waals surface area contributed by atoms with Crippen LogP contribution < -0.4 is 16.4 Å². The van der Waals surface area contributed by atoms with Crippen LogP contribution >= 0.6 is 11.6 Å². The number of hydrogen-bond acceptors (Lipinski definition) is 9. The second-order valence-corrected chi connectivity index (χ2v) is 9.51. The Bertz CT molecular complexity index is 900. The van der Waals surface area contributed by atoms with E-state index in [1.165, 1.54) is 19.3 Å². The van der Waals surface area contributed by atoms with Crippen molar-refractivity contribution in [2.45, 2.75) is 69.7 Å². The van der Waals surface area contributed by atoms with Gasteiger partial charge < -0.3 is 25.8 Å². The highest BCUT2D eigenvalue weighted by molar-refractivity contribution is 6.32. The molecule has 2 saturated heterocycles. The Balaban J connectivity index is 1.28. The average molecular weight is 462 g/mol. The van der Waals surface area contributed by atoms with Gasteiger partial charge in [0.05, 0.1) is 37.3 Å². The number of nitrogens with one attached hydrogen (secondary N) is 2. The molecule has 4 heterocycles. The number of nitrogens with two attached hydrogens (primary N) is 1. The third-order valence-electron chi connectivity index (χ3n) is 6.91. The van der Waals surface area contributed by atoms with Crippen molar-refractivity contribution >= 4 is 29.1 Å². The van der Waals surface area contributed by atoms with E-state index in [1.54, 1.807) is 6.20 Å². The van der Waals surface area contributed by atoms with Crippen molar-refractivity contribution in [2.75, 3.05) is 36.9 Å². The van der Waals surface area contributed by atoms with Crippen LogP contribution in [0.5, 0.6) is 0 Å². The lowest BCUT2D eigenvalue weighted by Crippen LogP contribution is -2.46. The number of allylic oxidation sites excluding steroid dienone is 1. The summed E-state index contributed by atoms with van der Waals surface area (Å²) in [6, 6.07) is 1.58. The van der Waals surface area contributed by atoms with E-state index in [2.05, 4.69) is 25.5 Å². The molecular formula is C22H32ClN7O2. The number of aromatic nitrogens is 2. The molecule has 0 spiro atoms. The van der Waals surface area contributed by atoms with Gasteiger partial charge in [-0.15, -0.1) is 0 Å². The van der Waals surface area contributed by atoms with Gasteiger partial charge in [0.2, 0.25) is 11.8 Å². The second-order valence-electron chi connectivity index (χ2n) is 9.10. The fourth-order valence-corrected chi connectivity index (χ4v) is 5.42. The molecular weight excluding hydrogens is 430 g/mol. The van der Waals surface area contributed by atoms with Crippen molar-refractivity contribution in [2.24, 2.45) is 10.7 Å². The number of morpholine rings is 1. The molecule has 4 N–H and O–H groups in total. The summed E-state index contributed by atoms with van der Waals surface area (Å²) >= 11 is 6.21. The molecule has 10 heteroatoms. The van der Waals surface area contributed by atoms with Gasteiger partial charge in [-0.25, -0.2) is 4.98 Å². The van der Waals surface area contributed by atoms with Gasteiger partial charge in [0.1, 0.15) is 10.7 Å². The average Bonchev–Trinajstić information content (AvgIpc) is 3.42. The molecule has 2 atom stereocenters. The normalized spacial score (nSPS) is 31.5. The van der Waals surface area contributed by atoms with Gasteiger partial charge >= 0.3 is 0 Å². The standard InChI is InChI=1S/C22H32ClN7O2/c1-13(27-14-3-5-15(6-4-14)30-11-17-9-16(30)12-32-17)19-20(24)31-8-2-7-25-21-18(23)10-26-22(28-19)29-21/h10,14-17H,2-9,11-12,24H2,1H3,(H2,25,26,28,29)/t14?,15?,16?,17-/m1/s1. The maximum atomic E-state index is 6.29. The van der Waals surface area contributed by atoms with Crippen LogP contribution in [0.3, 0.4) is 0 Å². The zero-order valence-corrected chi connectivity index (χ0v) is 19.3. The first-order valence-electron chi connectivity index (χ1n) is 11.6. The van der Waals surface area contributed by atoms with E-state index in [9.17, 15) is 0 Å². The van der Waals surface area contributed by atoms with Crippen LogP contribution in [0.4, 0.5) is 11.8 Å². The van der Waals surface area contributed by atoms with Crippen molar-refractivity contribution in [1.82, 2.24) is 14.9 Å². The highest BCUT2D eigenvalue weighted by Crippen LogP contribution is 2.35. The van der Waals surface area contributed by atoms with Crippen LogP contribution in [0.2, 0.25) is 5.02 Å². The number of anilines is 2. The van der Waals surface area contributed by atoms with Gasteiger partial charge in [-0.05, 0) is 45.4 Å². The summed E-state index contributed by atoms with van der Waals surface area (Å²) in [5, 5.41) is 6.90. The SMILES string of the molecule is CC(=NC1CCC(N2C[C@H]3CC2CO3)CC1)C1=C(N)OCCCNc2nc(ncc2Cl)N1. The summed E-state index contributed by atoms with van der Waals surface area (Å²) < 4.78 is 11.6. The number of nitrogens with zero attached hydrogens (tertiary/aromatic N) is 4. The van der Waals surface area contributed by atoms with E-state index in [-0.39, 0.29) is 6.04 Å². The number of ether oxygens (including phenoxy) is 2. The Morgan fingerprint density at radius 1 is 1.28 bits per heavy atom. The summed E-state index contributed by atoms with van der Waals surface area (Å²) in [5.74, 6) is 1.32. The summed E-state index contributed by atoms with van der Waals surface area (Å²) in [7, 11) is 0. The molecule has 1 aromatic heterocycles. The number of aliphatic imine (C=N–C) groups is 1. The maximum absolute atomic E-state index is 6.29. The zero-order valence-electron chi connectivity index (χ0n) is 18.5. The Labute approximate surface area is 193 Å². The van der Waals surface area contributed by atoms with E-state index in [0.717, 1.165) is 38.1 Å². The molecule has 4 aliphatic rings. The molecule has 0 radical (unpaired) electrons. The van der Waals surface area contributed by atoms with Crippen LogP contribution in [-0.2, 0) is 9.47 Å². The minimum atomic E-state index is 0.283. The van der Waals surface area contributed by atoms with Crippen molar-refractivity contribution in [3.8, 4) is 0 Å². The van der Waals surface area contributed by atoms with E-state index in [4.69, 9.17) is 31.8 Å². The molecule has 174 valence electrons. The van der Waals surface area contributed by atoms with Crippen LogP contribution in [0.1, 0.15) is 45.4 Å². The molecule has 3 fully saturated rings. The molecule has 3 aliphatic heterocycles. The summed E-state index contributed by atoms with van der Waals surface area (Å²) in [5.41, 5.74) is 7.73. The zero-order chi connectivity index (χ0) is 22.1. The Hall–Kier alpha value is -2.10. The fourth-order valence-electron chi connectivity index (χ4n) is 5.26. The third kappa shape index (κ3) is 4.65. The van der Waals surface area contributed by atoms with Crippen LogP contribution in [0, 0.1) is 0 Å². The van der Waals surface area contributed by atoms with Crippen molar-refractivity contribution in [3.63, 3.8) is 0 Å². The molecule has 1 aliphatic carbocycles. The highest BCUT2D eigenvalue weighted by atomic mass is 35.5. The largest absolute Gasteiger partial charge is 0.478 e. The molecule has 1 aromatic rings. The second kappa shape index (κ2) is 9.41. The number of fused-ring (bicyclic) bond motifs is 4. The summed E-state index contributed by atoms with van der Waals surface area (Å²) in [6.45, 7) is 5.15. The molecule has 0 aromatic carbocycles. The van der Waals surface area contributed by atoms with Crippen molar-refractivity contribution in [3.05, 3.63) is 22.8 Å². The molecule has 5 rings (SSSR count).